The van der Waals surface area contributed by atoms with E-state index in [1.165, 1.54) is 17.7 Å². The lowest BCUT2D eigenvalue weighted by molar-refractivity contribution is 0.0507. The van der Waals surface area contributed by atoms with Crippen molar-refractivity contribution in [2.24, 2.45) is 0 Å². The lowest BCUT2D eigenvalue weighted by Gasteiger charge is -2.24. The molecule has 1 unspecified atom stereocenters. The van der Waals surface area contributed by atoms with Crippen LogP contribution >= 0.6 is 11.3 Å². The zero-order chi connectivity index (χ0) is 17.1. The SMILES string of the molecule is O=C(c1nc2c(s1)CCCC2)N(Cc1ccncc1)CC1CCCO1. The Kier molecular flexibility index (Phi) is 5.08. The highest BCUT2D eigenvalue weighted by molar-refractivity contribution is 7.13. The van der Waals surface area contributed by atoms with Gasteiger partial charge < -0.3 is 9.64 Å². The molecule has 0 spiro atoms. The topological polar surface area (TPSA) is 55.3 Å². The van der Waals surface area contributed by atoms with Gasteiger partial charge in [-0.05, 0) is 56.2 Å². The van der Waals surface area contributed by atoms with Crippen molar-refractivity contribution in [3.05, 3.63) is 45.7 Å². The number of pyridine rings is 1. The molecule has 2 aliphatic rings. The molecule has 132 valence electrons. The quantitative estimate of drug-likeness (QED) is 0.824. The Hall–Kier alpha value is -1.79. The van der Waals surface area contributed by atoms with Gasteiger partial charge in [-0.15, -0.1) is 11.3 Å². The van der Waals surface area contributed by atoms with E-state index < -0.39 is 0 Å². The van der Waals surface area contributed by atoms with Crippen LogP contribution in [0.1, 0.15) is 51.6 Å². The fourth-order valence-corrected chi connectivity index (χ4v) is 4.66. The lowest BCUT2D eigenvalue weighted by atomic mass is 10.0. The minimum absolute atomic E-state index is 0.0340. The number of fused-ring (bicyclic) bond motifs is 1. The second-order valence-corrected chi connectivity index (χ2v) is 7.86. The average molecular weight is 357 g/mol. The Morgan fingerprint density at radius 2 is 2.08 bits per heavy atom. The first-order valence-electron chi connectivity index (χ1n) is 9.08. The van der Waals surface area contributed by atoms with Gasteiger partial charge in [-0.2, -0.15) is 0 Å². The molecule has 0 aromatic carbocycles. The highest BCUT2D eigenvalue weighted by atomic mass is 32.1. The molecule has 1 atom stereocenters. The normalized spacial score (nSPS) is 19.6. The highest BCUT2D eigenvalue weighted by Gasteiger charge is 2.27. The van der Waals surface area contributed by atoms with Gasteiger partial charge in [0.15, 0.2) is 5.01 Å². The summed E-state index contributed by atoms with van der Waals surface area (Å²) in [4.78, 5) is 25.1. The van der Waals surface area contributed by atoms with Crippen molar-refractivity contribution in [3.8, 4) is 0 Å². The summed E-state index contributed by atoms with van der Waals surface area (Å²) >= 11 is 1.58. The number of hydrogen-bond acceptors (Lipinski definition) is 5. The van der Waals surface area contributed by atoms with Crippen LogP contribution < -0.4 is 0 Å². The Morgan fingerprint density at radius 3 is 2.84 bits per heavy atom. The van der Waals surface area contributed by atoms with Crippen LogP contribution in [0.4, 0.5) is 0 Å². The summed E-state index contributed by atoms with van der Waals surface area (Å²) in [6, 6.07) is 3.92. The average Bonchev–Trinajstić information content (AvgIpc) is 3.30. The van der Waals surface area contributed by atoms with E-state index in [0.717, 1.165) is 43.5 Å². The van der Waals surface area contributed by atoms with Crippen LogP contribution in [-0.2, 0) is 24.1 Å². The molecule has 0 radical (unpaired) electrons. The van der Waals surface area contributed by atoms with Crippen LogP contribution in [-0.4, -0.2) is 40.0 Å². The van der Waals surface area contributed by atoms with Crippen LogP contribution in [0.3, 0.4) is 0 Å². The van der Waals surface area contributed by atoms with Gasteiger partial charge in [0, 0.05) is 37.0 Å². The van der Waals surface area contributed by atoms with Gasteiger partial charge in [0.05, 0.1) is 11.8 Å². The van der Waals surface area contributed by atoms with E-state index in [9.17, 15) is 4.79 Å². The molecule has 1 saturated heterocycles. The van der Waals surface area contributed by atoms with E-state index in [4.69, 9.17) is 4.74 Å². The Bertz CT molecular complexity index is 702. The number of amides is 1. The minimum Gasteiger partial charge on any atom is -0.376 e. The fourth-order valence-electron chi connectivity index (χ4n) is 3.54. The zero-order valence-corrected chi connectivity index (χ0v) is 15.1. The van der Waals surface area contributed by atoms with E-state index in [1.807, 2.05) is 17.0 Å². The number of ether oxygens (including phenoxy) is 1. The predicted molar refractivity (Wildman–Crippen MR) is 96.7 cm³/mol. The van der Waals surface area contributed by atoms with Gasteiger partial charge in [0.25, 0.3) is 5.91 Å². The number of nitrogens with zero attached hydrogens (tertiary/aromatic N) is 3. The Labute approximate surface area is 152 Å². The van der Waals surface area contributed by atoms with E-state index >= 15 is 0 Å². The van der Waals surface area contributed by atoms with Crippen molar-refractivity contribution in [1.82, 2.24) is 14.9 Å². The maximum absolute atomic E-state index is 13.2. The summed E-state index contributed by atoms with van der Waals surface area (Å²) in [7, 11) is 0. The maximum atomic E-state index is 13.2. The van der Waals surface area contributed by atoms with Crippen molar-refractivity contribution in [1.29, 1.82) is 0 Å². The Morgan fingerprint density at radius 1 is 1.24 bits per heavy atom. The molecular formula is C19H23N3O2S. The molecule has 1 amide bonds. The van der Waals surface area contributed by atoms with Crippen molar-refractivity contribution in [3.63, 3.8) is 0 Å². The second-order valence-electron chi connectivity index (χ2n) is 6.77. The number of thiazole rings is 1. The van der Waals surface area contributed by atoms with Crippen LogP contribution in [0.5, 0.6) is 0 Å². The Balaban J connectivity index is 1.55. The molecule has 1 aliphatic heterocycles. The second kappa shape index (κ2) is 7.62. The van der Waals surface area contributed by atoms with Crippen LogP contribution in [0, 0.1) is 0 Å². The standard InChI is InChI=1S/C19H23N3O2S/c23-19(18-21-16-5-1-2-6-17(16)25-18)22(13-15-4-3-11-24-15)12-14-7-9-20-10-8-14/h7-10,15H,1-6,11-13H2. The fraction of sp³-hybridized carbons (Fsp3) is 0.526. The van der Waals surface area contributed by atoms with Crippen LogP contribution in [0.25, 0.3) is 0 Å². The molecular weight excluding hydrogens is 334 g/mol. The number of carbonyl (C=O) groups is 1. The van der Waals surface area contributed by atoms with E-state index in [-0.39, 0.29) is 12.0 Å². The van der Waals surface area contributed by atoms with Gasteiger partial charge >= 0.3 is 0 Å². The van der Waals surface area contributed by atoms with E-state index in [0.29, 0.717) is 18.1 Å². The smallest absolute Gasteiger partial charge is 0.283 e. The number of aryl methyl sites for hydroxylation is 2. The molecule has 2 aromatic heterocycles. The third kappa shape index (κ3) is 3.90. The number of carbonyl (C=O) groups excluding carboxylic acids is 1. The molecule has 2 aromatic rings. The zero-order valence-electron chi connectivity index (χ0n) is 14.3. The molecule has 3 heterocycles. The first-order valence-corrected chi connectivity index (χ1v) is 9.89. The molecule has 0 N–H and O–H groups in total. The van der Waals surface area contributed by atoms with Gasteiger partial charge in [0.2, 0.25) is 0 Å². The first kappa shape index (κ1) is 16.7. The molecule has 1 aliphatic carbocycles. The molecule has 1 fully saturated rings. The summed E-state index contributed by atoms with van der Waals surface area (Å²) < 4.78 is 5.77. The van der Waals surface area contributed by atoms with Gasteiger partial charge in [0.1, 0.15) is 0 Å². The third-order valence-electron chi connectivity index (χ3n) is 4.89. The lowest BCUT2D eigenvalue weighted by Crippen LogP contribution is -2.37. The summed E-state index contributed by atoms with van der Waals surface area (Å²) in [5, 5.41) is 0.638. The molecule has 0 bridgehead atoms. The molecule has 0 saturated carbocycles. The molecule has 4 rings (SSSR count). The van der Waals surface area contributed by atoms with Crippen molar-refractivity contribution in [2.45, 2.75) is 51.2 Å². The van der Waals surface area contributed by atoms with Crippen LogP contribution in [0.15, 0.2) is 24.5 Å². The minimum atomic E-state index is 0.0340. The third-order valence-corrected chi connectivity index (χ3v) is 6.03. The van der Waals surface area contributed by atoms with Crippen molar-refractivity contribution < 1.29 is 9.53 Å². The number of aromatic nitrogens is 2. The van der Waals surface area contributed by atoms with E-state index in [1.54, 1.807) is 23.7 Å². The number of rotatable bonds is 5. The monoisotopic (exact) mass is 357 g/mol. The molecule has 6 heteroatoms. The summed E-state index contributed by atoms with van der Waals surface area (Å²) in [5.74, 6) is 0.0340. The molecule has 25 heavy (non-hydrogen) atoms. The highest BCUT2D eigenvalue weighted by Crippen LogP contribution is 2.28. The van der Waals surface area contributed by atoms with E-state index in [2.05, 4.69) is 9.97 Å². The largest absolute Gasteiger partial charge is 0.376 e. The maximum Gasteiger partial charge on any atom is 0.283 e. The predicted octanol–water partition coefficient (Wildman–Crippen LogP) is 3.24. The van der Waals surface area contributed by atoms with Gasteiger partial charge in [-0.1, -0.05) is 0 Å². The first-order chi connectivity index (χ1) is 12.3. The summed E-state index contributed by atoms with van der Waals surface area (Å²) in [5.41, 5.74) is 2.23. The van der Waals surface area contributed by atoms with Crippen molar-refractivity contribution in [2.75, 3.05) is 13.2 Å². The van der Waals surface area contributed by atoms with Crippen molar-refractivity contribution >= 4 is 17.2 Å². The summed E-state index contributed by atoms with van der Waals surface area (Å²) in [6.07, 6.45) is 10.2. The van der Waals surface area contributed by atoms with Crippen LogP contribution in [0.2, 0.25) is 0 Å². The molecule has 5 nitrogen and oxygen atoms in total. The van der Waals surface area contributed by atoms with Gasteiger partial charge in [-0.3, -0.25) is 9.78 Å². The van der Waals surface area contributed by atoms with Gasteiger partial charge in [-0.25, -0.2) is 4.98 Å². The summed E-state index contributed by atoms with van der Waals surface area (Å²) in [6.45, 7) is 2.00. The number of hydrogen-bond donors (Lipinski definition) is 0.